The standard InChI is InChI=1S/C7H15F2NO3S.BrH/c1-4-10(5-2,6-3)7(8,9)14(11,12)13;/h4-6H2,1-3H3;1H. The zero-order valence-corrected chi connectivity index (χ0v) is 11.3. The molecular weight excluding hydrogens is 296 g/mol. The summed E-state index contributed by atoms with van der Waals surface area (Å²) in [6.45, 7) is 4.23. The molecule has 0 radical (unpaired) electrons. The topological polar surface area (TPSA) is 54.4 Å². The number of hydrogen-bond acceptors (Lipinski definition) is 2. The van der Waals surface area contributed by atoms with Gasteiger partial charge in [0.05, 0.1) is 19.6 Å². The van der Waals surface area contributed by atoms with Gasteiger partial charge in [0.1, 0.15) is 0 Å². The van der Waals surface area contributed by atoms with E-state index in [2.05, 4.69) is 0 Å². The predicted octanol–water partition coefficient (Wildman–Crippen LogP) is -1.69. The van der Waals surface area contributed by atoms with Crippen molar-refractivity contribution in [2.24, 2.45) is 0 Å². The molecule has 0 aromatic rings. The summed E-state index contributed by atoms with van der Waals surface area (Å²) < 4.78 is 55.4. The molecule has 0 rings (SSSR count). The van der Waals surface area contributed by atoms with Crippen LogP contribution in [0, 0.1) is 0 Å². The van der Waals surface area contributed by atoms with E-state index in [1.165, 1.54) is 20.8 Å². The van der Waals surface area contributed by atoms with Gasteiger partial charge in [-0.2, -0.15) is 8.42 Å². The summed E-state index contributed by atoms with van der Waals surface area (Å²) in [6, 6.07) is 0. The molecule has 0 aliphatic heterocycles. The molecule has 8 heteroatoms. The second kappa shape index (κ2) is 5.51. The van der Waals surface area contributed by atoms with E-state index in [9.17, 15) is 17.2 Å². The summed E-state index contributed by atoms with van der Waals surface area (Å²) in [5.74, 6) is 0. The third-order valence-electron chi connectivity index (χ3n) is 2.68. The first kappa shape index (κ1) is 17.6. The molecule has 0 amide bonds. The van der Waals surface area contributed by atoms with E-state index < -0.39 is 20.0 Å². The molecule has 0 atom stereocenters. The second-order valence-electron chi connectivity index (χ2n) is 3.05. The lowest BCUT2D eigenvalue weighted by molar-refractivity contribution is -0.987. The van der Waals surface area contributed by atoms with Crippen molar-refractivity contribution in [3.05, 3.63) is 0 Å². The molecule has 0 aliphatic rings. The van der Waals surface area contributed by atoms with E-state index in [0.29, 0.717) is 0 Å². The van der Waals surface area contributed by atoms with Crippen LogP contribution < -0.4 is 17.0 Å². The van der Waals surface area contributed by atoms with Crippen molar-refractivity contribution >= 4 is 10.1 Å². The maximum absolute atomic E-state index is 13.4. The number of nitrogens with zero attached hydrogens (tertiary/aromatic N) is 1. The van der Waals surface area contributed by atoms with Gasteiger partial charge in [0.25, 0.3) is 0 Å². The van der Waals surface area contributed by atoms with Crippen LogP contribution in [-0.2, 0) is 10.1 Å². The molecule has 0 aromatic carbocycles. The van der Waals surface area contributed by atoms with Crippen molar-refractivity contribution < 1.29 is 43.2 Å². The molecule has 94 valence electrons. The SMILES string of the molecule is CC[N+](CC)(CC)C(F)(F)S(=O)(=O)O.[Br-]. The highest BCUT2D eigenvalue weighted by Crippen LogP contribution is 2.33. The molecule has 0 unspecified atom stereocenters. The third-order valence-corrected chi connectivity index (χ3v) is 3.69. The van der Waals surface area contributed by atoms with Crippen LogP contribution in [0.4, 0.5) is 8.78 Å². The Balaban J connectivity index is 0. The molecule has 0 saturated carbocycles. The molecule has 0 aliphatic carbocycles. The Bertz CT molecular complexity index is 282. The van der Waals surface area contributed by atoms with Crippen molar-refractivity contribution in [3.63, 3.8) is 0 Å². The van der Waals surface area contributed by atoms with Crippen molar-refractivity contribution in [1.29, 1.82) is 0 Å². The molecule has 0 heterocycles. The largest absolute Gasteiger partial charge is 1.00 e. The molecule has 0 spiro atoms. The van der Waals surface area contributed by atoms with Gasteiger partial charge in [-0.3, -0.25) is 4.55 Å². The molecule has 1 N–H and O–H groups in total. The monoisotopic (exact) mass is 311 g/mol. The molecule has 0 bridgehead atoms. The van der Waals surface area contributed by atoms with Crippen LogP contribution in [0.15, 0.2) is 0 Å². The predicted molar refractivity (Wildman–Crippen MR) is 48.4 cm³/mol. The second-order valence-corrected chi connectivity index (χ2v) is 4.50. The van der Waals surface area contributed by atoms with Crippen LogP contribution in [-0.4, -0.2) is 42.5 Å². The van der Waals surface area contributed by atoms with Crippen molar-refractivity contribution in [2.75, 3.05) is 19.6 Å². The highest BCUT2D eigenvalue weighted by molar-refractivity contribution is 7.86. The number of alkyl halides is 2. The smallest absolute Gasteiger partial charge is 0.522 e. The lowest BCUT2D eigenvalue weighted by Crippen LogP contribution is -3.00. The Morgan fingerprint density at radius 2 is 1.40 bits per heavy atom. The number of quaternary nitrogens is 1. The van der Waals surface area contributed by atoms with Crippen LogP contribution in [0.1, 0.15) is 20.8 Å². The van der Waals surface area contributed by atoms with Crippen LogP contribution in [0.3, 0.4) is 0 Å². The summed E-state index contributed by atoms with van der Waals surface area (Å²) in [5, 5.41) is -4.13. The lowest BCUT2D eigenvalue weighted by atomic mass is 10.4. The van der Waals surface area contributed by atoms with Crippen molar-refractivity contribution in [2.45, 2.75) is 26.1 Å². The van der Waals surface area contributed by atoms with Gasteiger partial charge in [0.2, 0.25) is 0 Å². The first-order valence-electron chi connectivity index (χ1n) is 4.39. The minimum Gasteiger partial charge on any atom is -1.00 e. The van der Waals surface area contributed by atoms with E-state index in [-0.39, 0.29) is 36.6 Å². The van der Waals surface area contributed by atoms with E-state index in [4.69, 9.17) is 4.55 Å². The Morgan fingerprint density at radius 3 is 1.47 bits per heavy atom. The summed E-state index contributed by atoms with van der Waals surface area (Å²) in [7, 11) is -5.36. The van der Waals surface area contributed by atoms with E-state index in [0.717, 1.165) is 0 Å². The summed E-state index contributed by atoms with van der Waals surface area (Å²) >= 11 is 0. The Hall–Kier alpha value is 0.210. The van der Waals surface area contributed by atoms with Gasteiger partial charge in [-0.1, -0.05) is 0 Å². The summed E-state index contributed by atoms with van der Waals surface area (Å²) in [6.07, 6.45) is 0. The molecular formula is C7H16BrF2NO3S. The molecule has 0 aromatic heterocycles. The van der Waals surface area contributed by atoms with Gasteiger partial charge < -0.3 is 17.0 Å². The van der Waals surface area contributed by atoms with Gasteiger partial charge in [0, 0.05) is 0 Å². The number of rotatable bonds is 5. The average molecular weight is 312 g/mol. The van der Waals surface area contributed by atoms with Gasteiger partial charge in [-0.15, -0.1) is 8.78 Å². The van der Waals surface area contributed by atoms with Crippen LogP contribution in [0.2, 0.25) is 0 Å². The van der Waals surface area contributed by atoms with Gasteiger partial charge >= 0.3 is 15.5 Å². The van der Waals surface area contributed by atoms with E-state index in [1.54, 1.807) is 0 Å². The van der Waals surface area contributed by atoms with Crippen LogP contribution in [0.25, 0.3) is 0 Å². The van der Waals surface area contributed by atoms with Crippen molar-refractivity contribution in [1.82, 2.24) is 0 Å². The number of halogens is 3. The minimum atomic E-state index is -5.36. The third kappa shape index (κ3) is 2.86. The maximum Gasteiger partial charge on any atom is 0.522 e. The molecule has 0 saturated heterocycles. The van der Waals surface area contributed by atoms with Crippen molar-refractivity contribution in [3.8, 4) is 0 Å². The summed E-state index contributed by atoms with van der Waals surface area (Å²) in [4.78, 5) is 0. The maximum atomic E-state index is 13.4. The fraction of sp³-hybridized carbons (Fsp3) is 1.00. The van der Waals surface area contributed by atoms with Gasteiger partial charge in [0.15, 0.2) is 0 Å². The molecule has 0 fully saturated rings. The molecule has 15 heavy (non-hydrogen) atoms. The normalized spacial score (nSPS) is 13.5. The molecule has 4 nitrogen and oxygen atoms in total. The quantitative estimate of drug-likeness (QED) is 0.374. The zero-order chi connectivity index (χ0) is 11.6. The van der Waals surface area contributed by atoms with E-state index >= 15 is 0 Å². The lowest BCUT2D eigenvalue weighted by Gasteiger charge is -2.39. The minimum absolute atomic E-state index is 0. The highest BCUT2D eigenvalue weighted by atomic mass is 79.9. The summed E-state index contributed by atoms with van der Waals surface area (Å²) in [5.41, 5.74) is 0. The Labute approximate surface area is 99.4 Å². The Morgan fingerprint density at radius 1 is 1.13 bits per heavy atom. The number of hydrogen-bond donors (Lipinski definition) is 1. The van der Waals surface area contributed by atoms with E-state index in [1.807, 2.05) is 0 Å². The highest BCUT2D eigenvalue weighted by Gasteiger charge is 2.61. The zero-order valence-electron chi connectivity index (χ0n) is 8.87. The van der Waals surface area contributed by atoms with Gasteiger partial charge in [-0.05, 0) is 20.8 Å². The van der Waals surface area contributed by atoms with Gasteiger partial charge in [-0.25, -0.2) is 4.48 Å². The fourth-order valence-corrected chi connectivity index (χ4v) is 2.34. The fourth-order valence-electron chi connectivity index (χ4n) is 1.47. The average Bonchev–Trinajstić information content (AvgIpc) is 2.06. The van der Waals surface area contributed by atoms with Crippen LogP contribution >= 0.6 is 0 Å². The Kier molecular flexibility index (Phi) is 6.47. The van der Waals surface area contributed by atoms with Crippen LogP contribution in [0.5, 0.6) is 0 Å². The first-order valence-corrected chi connectivity index (χ1v) is 5.83. The first-order chi connectivity index (χ1) is 6.18.